The van der Waals surface area contributed by atoms with Gasteiger partial charge in [0.2, 0.25) is 0 Å². The van der Waals surface area contributed by atoms with Crippen molar-refractivity contribution in [3.05, 3.63) is 82.3 Å². The Kier molecular flexibility index (Phi) is 4.80. The van der Waals surface area contributed by atoms with Crippen molar-refractivity contribution < 1.29 is 4.74 Å². The highest BCUT2D eigenvalue weighted by molar-refractivity contribution is 5.37. The molecule has 1 aliphatic carbocycles. The number of pyridine rings is 1. The van der Waals surface area contributed by atoms with Gasteiger partial charge in [-0.1, -0.05) is 24.0 Å². The molecule has 0 atom stereocenters. The molecule has 0 radical (unpaired) electrons. The van der Waals surface area contributed by atoms with E-state index in [1.165, 1.54) is 18.9 Å². The molecular weight excluding hydrogens is 338 g/mol. The first-order valence-electron chi connectivity index (χ1n) is 9.08. The maximum absolute atomic E-state index is 12.5. The zero-order valence-electron chi connectivity index (χ0n) is 15.3. The maximum Gasteiger partial charge on any atom is 0.254 e. The smallest absolute Gasteiger partial charge is 0.254 e. The van der Waals surface area contributed by atoms with E-state index in [2.05, 4.69) is 16.8 Å². The third-order valence-corrected chi connectivity index (χ3v) is 4.54. The molecule has 0 N–H and O–H groups in total. The molecule has 0 bridgehead atoms. The quantitative estimate of drug-likeness (QED) is 0.658. The lowest BCUT2D eigenvalue weighted by molar-refractivity contribution is 0.235. The molecule has 5 heteroatoms. The molecule has 1 saturated carbocycles. The lowest BCUT2D eigenvalue weighted by atomic mass is 10.1. The largest absolute Gasteiger partial charge is 0.472 e. The van der Waals surface area contributed by atoms with Crippen molar-refractivity contribution in [2.45, 2.75) is 33.0 Å². The van der Waals surface area contributed by atoms with Gasteiger partial charge in [-0.2, -0.15) is 0 Å². The summed E-state index contributed by atoms with van der Waals surface area (Å²) in [7, 11) is 0. The second kappa shape index (κ2) is 7.55. The number of nitrogens with zero attached hydrogens (tertiary/aromatic N) is 3. The molecule has 2 aromatic heterocycles. The van der Waals surface area contributed by atoms with Crippen LogP contribution in [0.2, 0.25) is 0 Å². The van der Waals surface area contributed by atoms with Crippen molar-refractivity contribution in [3.8, 4) is 17.6 Å². The van der Waals surface area contributed by atoms with Gasteiger partial charge < -0.3 is 13.9 Å². The first-order chi connectivity index (χ1) is 13.2. The van der Waals surface area contributed by atoms with Crippen molar-refractivity contribution in [3.63, 3.8) is 0 Å². The van der Waals surface area contributed by atoms with Crippen LogP contribution in [-0.4, -0.2) is 14.1 Å². The number of imidazole rings is 1. The van der Waals surface area contributed by atoms with E-state index in [0.717, 1.165) is 16.8 Å². The van der Waals surface area contributed by atoms with Gasteiger partial charge in [0.1, 0.15) is 5.75 Å². The average molecular weight is 359 g/mol. The second-order valence-corrected chi connectivity index (χ2v) is 6.85. The molecule has 1 fully saturated rings. The summed E-state index contributed by atoms with van der Waals surface area (Å²) in [4.78, 5) is 16.5. The van der Waals surface area contributed by atoms with Gasteiger partial charge in [-0.25, -0.2) is 4.98 Å². The average Bonchev–Trinajstić information content (AvgIpc) is 3.35. The molecule has 0 amide bonds. The molecule has 1 aliphatic rings. The summed E-state index contributed by atoms with van der Waals surface area (Å²) >= 11 is 0. The van der Waals surface area contributed by atoms with E-state index < -0.39 is 0 Å². The van der Waals surface area contributed by atoms with Crippen LogP contribution in [0.15, 0.2) is 59.9 Å². The van der Waals surface area contributed by atoms with Gasteiger partial charge in [0.25, 0.3) is 5.56 Å². The molecular formula is C22H21N3O2. The Labute approximate surface area is 158 Å². The molecule has 4 rings (SSSR count). The Morgan fingerprint density at radius 3 is 2.70 bits per heavy atom. The number of aromatic nitrogens is 3. The maximum atomic E-state index is 12.5. The minimum Gasteiger partial charge on any atom is -0.472 e. The second-order valence-electron chi connectivity index (χ2n) is 6.85. The lowest BCUT2D eigenvalue weighted by Crippen LogP contribution is -2.22. The zero-order valence-corrected chi connectivity index (χ0v) is 15.3. The number of benzene rings is 1. The van der Waals surface area contributed by atoms with E-state index in [1.807, 2.05) is 43.5 Å². The summed E-state index contributed by atoms with van der Waals surface area (Å²) in [5.74, 6) is 7.64. The number of aryl methyl sites for hydroxylation is 1. The van der Waals surface area contributed by atoms with Crippen molar-refractivity contribution in [1.82, 2.24) is 14.1 Å². The molecule has 0 saturated heterocycles. The van der Waals surface area contributed by atoms with Crippen molar-refractivity contribution in [1.29, 1.82) is 0 Å². The van der Waals surface area contributed by atoms with Crippen LogP contribution < -0.4 is 10.3 Å². The third-order valence-electron chi connectivity index (χ3n) is 4.54. The molecule has 5 nitrogen and oxygen atoms in total. The van der Waals surface area contributed by atoms with Crippen molar-refractivity contribution in [2.24, 2.45) is 5.92 Å². The fourth-order valence-corrected chi connectivity index (χ4v) is 2.79. The van der Waals surface area contributed by atoms with Crippen LogP contribution >= 0.6 is 0 Å². The molecule has 0 spiro atoms. The highest BCUT2D eigenvalue weighted by Crippen LogP contribution is 2.27. The van der Waals surface area contributed by atoms with Crippen molar-refractivity contribution >= 4 is 0 Å². The Morgan fingerprint density at radius 1 is 1.22 bits per heavy atom. The van der Waals surface area contributed by atoms with E-state index in [9.17, 15) is 4.79 Å². The van der Waals surface area contributed by atoms with Crippen LogP contribution in [0, 0.1) is 24.7 Å². The number of hydrogen-bond acceptors (Lipinski definition) is 3. The van der Waals surface area contributed by atoms with Crippen LogP contribution in [0.1, 0.15) is 29.7 Å². The van der Waals surface area contributed by atoms with Gasteiger partial charge >= 0.3 is 0 Å². The fraction of sp³-hybridized carbons (Fsp3) is 0.273. The molecule has 3 aromatic rings. The fourth-order valence-electron chi connectivity index (χ4n) is 2.79. The summed E-state index contributed by atoms with van der Waals surface area (Å²) in [6.07, 6.45) is 7.64. The molecule has 0 unspecified atom stereocenters. The van der Waals surface area contributed by atoms with Gasteiger partial charge in [-0.15, -0.1) is 0 Å². The molecule has 27 heavy (non-hydrogen) atoms. The van der Waals surface area contributed by atoms with Crippen LogP contribution in [0.5, 0.6) is 5.75 Å². The Bertz CT molecular complexity index is 1030. The summed E-state index contributed by atoms with van der Waals surface area (Å²) in [5.41, 5.74) is 2.89. The van der Waals surface area contributed by atoms with E-state index >= 15 is 0 Å². The summed E-state index contributed by atoms with van der Waals surface area (Å²) < 4.78 is 9.22. The van der Waals surface area contributed by atoms with E-state index in [4.69, 9.17) is 4.74 Å². The SMILES string of the molecule is Cc1cc(OCn2ccnc2)cc(=O)n1Cc1ccc(C#CC2CC2)cc1. The van der Waals surface area contributed by atoms with Gasteiger partial charge in [0.15, 0.2) is 6.73 Å². The summed E-state index contributed by atoms with van der Waals surface area (Å²) in [5, 5.41) is 0. The predicted molar refractivity (Wildman–Crippen MR) is 103 cm³/mol. The van der Waals surface area contributed by atoms with Crippen LogP contribution in [0.25, 0.3) is 0 Å². The third kappa shape index (κ3) is 4.48. The van der Waals surface area contributed by atoms with Gasteiger partial charge in [-0.05, 0) is 43.5 Å². The number of rotatable bonds is 5. The predicted octanol–water partition coefficient (Wildman–Crippen LogP) is 3.20. The Morgan fingerprint density at radius 2 is 2.04 bits per heavy atom. The Hall–Kier alpha value is -3.26. The topological polar surface area (TPSA) is 49.1 Å². The van der Waals surface area contributed by atoms with Gasteiger partial charge in [0, 0.05) is 35.6 Å². The highest BCUT2D eigenvalue weighted by atomic mass is 16.5. The zero-order chi connectivity index (χ0) is 18.6. The van der Waals surface area contributed by atoms with E-state index in [1.54, 1.807) is 21.7 Å². The molecule has 2 heterocycles. The number of hydrogen-bond donors (Lipinski definition) is 0. The first-order valence-corrected chi connectivity index (χ1v) is 9.08. The monoisotopic (exact) mass is 359 g/mol. The summed E-state index contributed by atoms with van der Waals surface area (Å²) in [6, 6.07) is 11.5. The van der Waals surface area contributed by atoms with Gasteiger partial charge in [0.05, 0.1) is 12.9 Å². The van der Waals surface area contributed by atoms with Crippen LogP contribution in [0.4, 0.5) is 0 Å². The van der Waals surface area contributed by atoms with Crippen LogP contribution in [0.3, 0.4) is 0 Å². The summed E-state index contributed by atoms with van der Waals surface area (Å²) in [6.45, 7) is 2.77. The minimum absolute atomic E-state index is 0.0757. The molecule has 136 valence electrons. The first kappa shape index (κ1) is 17.2. The van der Waals surface area contributed by atoms with Crippen LogP contribution in [-0.2, 0) is 13.3 Å². The normalized spacial score (nSPS) is 13.1. The lowest BCUT2D eigenvalue weighted by Gasteiger charge is -2.13. The van der Waals surface area contributed by atoms with E-state index in [-0.39, 0.29) is 5.56 Å². The molecule has 1 aromatic carbocycles. The minimum atomic E-state index is -0.0757. The standard InChI is InChI=1S/C22H21N3O2/c1-17-12-21(27-16-24-11-10-23-15-24)13-22(26)25(17)14-20-8-6-19(7-9-20)5-4-18-2-3-18/h6-13,15,18H,2-3,14,16H2,1H3. The highest BCUT2D eigenvalue weighted by Gasteiger charge is 2.17. The van der Waals surface area contributed by atoms with Gasteiger partial charge in [-0.3, -0.25) is 4.79 Å². The Balaban J connectivity index is 1.45. The van der Waals surface area contributed by atoms with E-state index in [0.29, 0.717) is 24.9 Å². The molecule has 0 aliphatic heterocycles. The van der Waals surface area contributed by atoms with Crippen molar-refractivity contribution in [2.75, 3.05) is 0 Å². The number of ether oxygens (including phenoxy) is 1.